The molecule has 24 heavy (non-hydrogen) atoms. The van der Waals surface area contributed by atoms with Crippen LogP contribution < -0.4 is 5.32 Å². The highest BCUT2D eigenvalue weighted by atomic mass is 35.5. The summed E-state index contributed by atoms with van der Waals surface area (Å²) in [7, 11) is 0. The molecule has 1 amide bonds. The molecule has 0 unspecified atom stereocenters. The number of fused-ring (bicyclic) bond motifs is 1. The number of nitrogens with zero attached hydrogens (tertiary/aromatic N) is 2. The molecule has 124 valence electrons. The van der Waals surface area contributed by atoms with E-state index in [2.05, 4.69) is 15.5 Å². The molecule has 1 aromatic carbocycles. The van der Waals surface area contributed by atoms with Gasteiger partial charge in [-0.1, -0.05) is 17.7 Å². The molecular formula is C17H17ClN4O2. The third kappa shape index (κ3) is 3.14. The molecule has 0 bridgehead atoms. The summed E-state index contributed by atoms with van der Waals surface area (Å²) in [5.74, 6) is -0.241. The standard InChI is InChI=1S/C17H17ClN4O2/c1-9-5-13-15(10(2)24-9)21-22-16(13)17(23)20-8-11-3-4-12(7-19)14(18)6-11/h3-4,6,9-10H,5,8H2,1-2H3,(H,20,23)(H,21,22)/t9-,10+/m1/s1. The minimum absolute atomic E-state index is 0.0500. The van der Waals surface area contributed by atoms with Crippen LogP contribution in [0.5, 0.6) is 0 Å². The highest BCUT2D eigenvalue weighted by Crippen LogP contribution is 2.30. The van der Waals surface area contributed by atoms with Gasteiger partial charge in [-0.15, -0.1) is 0 Å². The van der Waals surface area contributed by atoms with Crippen LogP contribution in [-0.4, -0.2) is 22.2 Å². The summed E-state index contributed by atoms with van der Waals surface area (Å²) in [6.45, 7) is 4.23. The van der Waals surface area contributed by atoms with Crippen LogP contribution in [0.1, 0.15) is 52.8 Å². The summed E-state index contributed by atoms with van der Waals surface area (Å²) in [6.07, 6.45) is 0.603. The maximum atomic E-state index is 12.5. The fourth-order valence-electron chi connectivity index (χ4n) is 2.89. The minimum atomic E-state index is -0.241. The van der Waals surface area contributed by atoms with Gasteiger partial charge in [-0.05, 0) is 31.5 Å². The minimum Gasteiger partial charge on any atom is -0.369 e. The first-order valence-electron chi connectivity index (χ1n) is 7.69. The van der Waals surface area contributed by atoms with E-state index in [4.69, 9.17) is 21.6 Å². The van der Waals surface area contributed by atoms with Gasteiger partial charge in [0.15, 0.2) is 5.69 Å². The van der Waals surface area contributed by atoms with Crippen LogP contribution in [0, 0.1) is 11.3 Å². The molecule has 7 heteroatoms. The molecular weight excluding hydrogens is 328 g/mol. The SMILES string of the molecule is C[C@@H]1Cc2c(C(=O)NCc3ccc(C#N)c(Cl)c3)n[nH]c2[C@H](C)O1. The second-order valence-corrected chi connectivity index (χ2v) is 6.27. The Bertz CT molecular complexity index is 824. The summed E-state index contributed by atoms with van der Waals surface area (Å²) in [6, 6.07) is 7.09. The van der Waals surface area contributed by atoms with Crippen molar-refractivity contribution in [2.45, 2.75) is 39.0 Å². The van der Waals surface area contributed by atoms with Gasteiger partial charge >= 0.3 is 0 Å². The maximum absolute atomic E-state index is 12.5. The molecule has 1 aromatic heterocycles. The number of benzene rings is 1. The third-order valence-corrected chi connectivity index (χ3v) is 4.37. The number of amides is 1. The lowest BCUT2D eigenvalue weighted by Gasteiger charge is -2.25. The number of carbonyl (C=O) groups is 1. The van der Waals surface area contributed by atoms with Gasteiger partial charge < -0.3 is 10.1 Å². The van der Waals surface area contributed by atoms with Crippen LogP contribution in [0.4, 0.5) is 0 Å². The Balaban J connectivity index is 1.73. The van der Waals surface area contributed by atoms with E-state index in [1.807, 2.05) is 19.9 Å². The molecule has 1 aliphatic rings. The number of halogens is 1. The molecule has 3 rings (SSSR count). The molecule has 6 nitrogen and oxygen atoms in total. The number of nitrogens with one attached hydrogen (secondary N) is 2. The van der Waals surface area contributed by atoms with Crippen molar-refractivity contribution in [1.82, 2.24) is 15.5 Å². The number of nitriles is 1. The summed E-state index contributed by atoms with van der Waals surface area (Å²) in [4.78, 5) is 12.5. The van der Waals surface area contributed by atoms with Gasteiger partial charge in [0, 0.05) is 18.5 Å². The summed E-state index contributed by atoms with van der Waals surface area (Å²) >= 11 is 6.00. The fourth-order valence-corrected chi connectivity index (χ4v) is 3.13. The fraction of sp³-hybridized carbons (Fsp3) is 0.353. The summed E-state index contributed by atoms with van der Waals surface area (Å²) < 4.78 is 5.73. The topological polar surface area (TPSA) is 90.8 Å². The predicted molar refractivity (Wildman–Crippen MR) is 88.6 cm³/mol. The Kier molecular flexibility index (Phi) is 4.56. The quantitative estimate of drug-likeness (QED) is 0.895. The first-order valence-corrected chi connectivity index (χ1v) is 8.06. The van der Waals surface area contributed by atoms with E-state index in [0.29, 0.717) is 29.2 Å². The van der Waals surface area contributed by atoms with Crippen molar-refractivity contribution >= 4 is 17.5 Å². The lowest BCUT2D eigenvalue weighted by atomic mass is 9.99. The number of carbonyl (C=O) groups excluding carboxylic acids is 1. The average Bonchev–Trinajstić information content (AvgIpc) is 2.97. The van der Waals surface area contributed by atoms with Crippen LogP contribution in [0.2, 0.25) is 5.02 Å². The van der Waals surface area contributed by atoms with Crippen molar-refractivity contribution in [2.24, 2.45) is 0 Å². The maximum Gasteiger partial charge on any atom is 0.272 e. The van der Waals surface area contributed by atoms with Gasteiger partial charge in [-0.3, -0.25) is 9.89 Å². The zero-order chi connectivity index (χ0) is 17.3. The van der Waals surface area contributed by atoms with Gasteiger partial charge in [0.1, 0.15) is 6.07 Å². The first kappa shape index (κ1) is 16.5. The Labute approximate surface area is 144 Å². The third-order valence-electron chi connectivity index (χ3n) is 4.06. The molecule has 1 aliphatic heterocycles. The summed E-state index contributed by atoms with van der Waals surface area (Å²) in [5.41, 5.74) is 3.42. The zero-order valence-corrected chi connectivity index (χ0v) is 14.1. The van der Waals surface area contributed by atoms with Crippen molar-refractivity contribution in [2.75, 3.05) is 0 Å². The molecule has 0 spiro atoms. The van der Waals surface area contributed by atoms with Gasteiger partial charge in [-0.2, -0.15) is 10.4 Å². The number of rotatable bonds is 3. The van der Waals surface area contributed by atoms with Crippen molar-refractivity contribution in [3.05, 3.63) is 51.3 Å². The number of H-pyrrole nitrogens is 1. The van der Waals surface area contributed by atoms with E-state index >= 15 is 0 Å². The normalized spacial score (nSPS) is 19.4. The van der Waals surface area contributed by atoms with Crippen molar-refractivity contribution < 1.29 is 9.53 Å². The molecule has 2 N–H and O–H groups in total. The lowest BCUT2D eigenvalue weighted by molar-refractivity contribution is -0.00697. The molecule has 0 aliphatic carbocycles. The number of aromatic nitrogens is 2. The van der Waals surface area contributed by atoms with Crippen molar-refractivity contribution in [3.63, 3.8) is 0 Å². The highest BCUT2D eigenvalue weighted by Gasteiger charge is 2.29. The van der Waals surface area contributed by atoms with Crippen LogP contribution in [0.15, 0.2) is 18.2 Å². The van der Waals surface area contributed by atoms with E-state index in [0.717, 1.165) is 16.8 Å². The number of aromatic amines is 1. The van der Waals surface area contributed by atoms with Gasteiger partial charge in [0.2, 0.25) is 0 Å². The predicted octanol–water partition coefficient (Wildman–Crippen LogP) is 2.89. The lowest BCUT2D eigenvalue weighted by Crippen LogP contribution is -2.27. The van der Waals surface area contributed by atoms with Gasteiger partial charge in [0.25, 0.3) is 5.91 Å². The molecule has 2 aromatic rings. The second-order valence-electron chi connectivity index (χ2n) is 5.87. The van der Waals surface area contributed by atoms with Crippen LogP contribution in [0.25, 0.3) is 0 Å². The second kappa shape index (κ2) is 6.63. The summed E-state index contributed by atoms with van der Waals surface area (Å²) in [5, 5.41) is 19.2. The van der Waals surface area contributed by atoms with Crippen LogP contribution >= 0.6 is 11.6 Å². The molecule has 0 radical (unpaired) electrons. The average molecular weight is 345 g/mol. The number of hydrogen-bond donors (Lipinski definition) is 2. The molecule has 0 fully saturated rings. The Morgan fingerprint density at radius 3 is 3.04 bits per heavy atom. The Hall–Kier alpha value is -2.36. The Morgan fingerprint density at radius 2 is 2.33 bits per heavy atom. The van der Waals surface area contributed by atoms with Crippen LogP contribution in [0.3, 0.4) is 0 Å². The van der Waals surface area contributed by atoms with Gasteiger partial charge in [0.05, 0.1) is 28.5 Å². The molecule has 2 atom stereocenters. The largest absolute Gasteiger partial charge is 0.369 e. The number of hydrogen-bond acceptors (Lipinski definition) is 4. The zero-order valence-electron chi connectivity index (χ0n) is 13.4. The van der Waals surface area contributed by atoms with E-state index < -0.39 is 0 Å². The van der Waals surface area contributed by atoms with E-state index in [-0.39, 0.29) is 18.1 Å². The molecule has 0 saturated carbocycles. The number of ether oxygens (including phenoxy) is 1. The smallest absolute Gasteiger partial charge is 0.272 e. The Morgan fingerprint density at radius 1 is 1.54 bits per heavy atom. The van der Waals surface area contributed by atoms with E-state index in [1.54, 1.807) is 18.2 Å². The van der Waals surface area contributed by atoms with E-state index in [9.17, 15) is 4.79 Å². The van der Waals surface area contributed by atoms with Crippen molar-refractivity contribution in [3.8, 4) is 6.07 Å². The molecule has 2 heterocycles. The van der Waals surface area contributed by atoms with Crippen LogP contribution in [-0.2, 0) is 17.7 Å². The van der Waals surface area contributed by atoms with Crippen molar-refractivity contribution in [1.29, 1.82) is 5.26 Å². The highest BCUT2D eigenvalue weighted by molar-refractivity contribution is 6.31. The van der Waals surface area contributed by atoms with Gasteiger partial charge in [-0.25, -0.2) is 0 Å². The first-order chi connectivity index (χ1) is 11.5. The molecule has 0 saturated heterocycles. The van der Waals surface area contributed by atoms with E-state index in [1.165, 1.54) is 0 Å². The monoisotopic (exact) mass is 344 g/mol.